The summed E-state index contributed by atoms with van der Waals surface area (Å²) in [5.41, 5.74) is 1.11. The summed E-state index contributed by atoms with van der Waals surface area (Å²) in [4.78, 5) is 6.46. The number of nitrogens with zero attached hydrogens (tertiary/aromatic N) is 3. The molecule has 1 aromatic carbocycles. The van der Waals surface area contributed by atoms with Gasteiger partial charge in [-0.3, -0.25) is 0 Å². The van der Waals surface area contributed by atoms with Gasteiger partial charge in [-0.15, -0.1) is 0 Å². The Labute approximate surface area is 178 Å². The standard InChI is InChI=1S/C23H23ClF3N3/c24-20-19(8-11-30-18(14-16-6-7-16)15-28-21(20)30)29-12-9-22(10-13-29,23(25,26)27)17-4-2-1-3-5-17/h1-5,8,11,15-16H,6-7,9-10,12-14H2. The van der Waals surface area contributed by atoms with E-state index in [-0.39, 0.29) is 12.8 Å². The zero-order chi connectivity index (χ0) is 20.9. The summed E-state index contributed by atoms with van der Waals surface area (Å²) in [5, 5.41) is 0.513. The number of fused-ring (bicyclic) bond motifs is 1. The van der Waals surface area contributed by atoms with Gasteiger partial charge in [-0.05, 0) is 49.7 Å². The molecule has 0 radical (unpaired) electrons. The van der Waals surface area contributed by atoms with Crippen molar-refractivity contribution in [1.29, 1.82) is 0 Å². The second-order valence-corrected chi connectivity index (χ2v) is 8.92. The first-order valence-electron chi connectivity index (χ1n) is 10.4. The lowest BCUT2D eigenvalue weighted by Gasteiger charge is -2.44. The maximum atomic E-state index is 14.2. The first-order chi connectivity index (χ1) is 14.4. The molecule has 30 heavy (non-hydrogen) atoms. The van der Waals surface area contributed by atoms with Gasteiger partial charge in [0, 0.05) is 31.2 Å². The van der Waals surface area contributed by atoms with Crippen LogP contribution in [0.3, 0.4) is 0 Å². The maximum absolute atomic E-state index is 14.2. The number of anilines is 1. The molecule has 0 amide bonds. The highest BCUT2D eigenvalue weighted by atomic mass is 35.5. The second-order valence-electron chi connectivity index (χ2n) is 8.54. The van der Waals surface area contributed by atoms with Gasteiger partial charge in [0.15, 0.2) is 5.65 Å². The number of benzene rings is 1. The molecule has 0 bridgehead atoms. The number of hydrogen-bond acceptors (Lipinski definition) is 2. The first kappa shape index (κ1) is 19.7. The van der Waals surface area contributed by atoms with E-state index in [0.717, 1.165) is 23.7 Å². The van der Waals surface area contributed by atoms with Crippen molar-refractivity contribution in [3.63, 3.8) is 0 Å². The van der Waals surface area contributed by atoms with Gasteiger partial charge in [-0.25, -0.2) is 4.98 Å². The predicted molar refractivity (Wildman–Crippen MR) is 112 cm³/mol. The Morgan fingerprint density at radius 3 is 2.40 bits per heavy atom. The Morgan fingerprint density at radius 2 is 1.77 bits per heavy atom. The van der Waals surface area contributed by atoms with Crippen LogP contribution in [0.4, 0.5) is 18.9 Å². The third-order valence-electron chi connectivity index (χ3n) is 6.70. The van der Waals surface area contributed by atoms with Crippen molar-refractivity contribution < 1.29 is 13.2 Å². The molecule has 2 aromatic heterocycles. The molecule has 0 N–H and O–H groups in total. The highest BCUT2D eigenvalue weighted by Gasteiger charge is 2.56. The molecule has 158 valence electrons. The van der Waals surface area contributed by atoms with E-state index in [2.05, 4.69) is 4.98 Å². The summed E-state index contributed by atoms with van der Waals surface area (Å²) in [6.45, 7) is 0.583. The van der Waals surface area contributed by atoms with Crippen molar-refractivity contribution in [2.24, 2.45) is 5.92 Å². The maximum Gasteiger partial charge on any atom is 0.398 e. The number of hydrogen-bond donors (Lipinski definition) is 0. The Bertz CT molecular complexity index is 1050. The normalized spacial score (nSPS) is 19.4. The molecule has 7 heteroatoms. The van der Waals surface area contributed by atoms with E-state index in [1.807, 2.05) is 27.8 Å². The van der Waals surface area contributed by atoms with Crippen LogP contribution in [0.15, 0.2) is 48.8 Å². The summed E-state index contributed by atoms with van der Waals surface area (Å²) in [7, 11) is 0. The molecule has 0 atom stereocenters. The van der Waals surface area contributed by atoms with Gasteiger partial charge >= 0.3 is 6.18 Å². The fraction of sp³-hybridized carbons (Fsp3) is 0.435. The second kappa shape index (κ2) is 7.19. The first-order valence-corrected chi connectivity index (χ1v) is 10.8. The minimum absolute atomic E-state index is 0.00337. The van der Waals surface area contributed by atoms with Gasteiger partial charge in [-0.1, -0.05) is 41.9 Å². The summed E-state index contributed by atoms with van der Waals surface area (Å²) < 4.78 is 44.5. The van der Waals surface area contributed by atoms with E-state index in [9.17, 15) is 13.2 Å². The number of piperidine rings is 1. The molecule has 1 aliphatic carbocycles. The van der Waals surface area contributed by atoms with E-state index in [0.29, 0.717) is 29.3 Å². The van der Waals surface area contributed by atoms with Crippen LogP contribution in [-0.4, -0.2) is 28.7 Å². The van der Waals surface area contributed by atoms with Gasteiger partial charge in [0.2, 0.25) is 0 Å². The van der Waals surface area contributed by atoms with Crippen LogP contribution >= 0.6 is 11.6 Å². The number of imidazole rings is 1. The van der Waals surface area contributed by atoms with Gasteiger partial charge < -0.3 is 9.30 Å². The largest absolute Gasteiger partial charge is 0.398 e. The average molecular weight is 434 g/mol. The van der Waals surface area contributed by atoms with E-state index < -0.39 is 11.6 Å². The highest BCUT2D eigenvalue weighted by molar-refractivity contribution is 6.36. The van der Waals surface area contributed by atoms with E-state index in [1.165, 1.54) is 12.8 Å². The number of pyridine rings is 1. The smallest absolute Gasteiger partial charge is 0.370 e. The molecule has 1 saturated heterocycles. The molecular formula is C23H23ClF3N3. The molecule has 3 heterocycles. The number of rotatable bonds is 4. The Kier molecular flexibility index (Phi) is 4.73. The SMILES string of the molecule is FC(F)(F)C1(c2ccccc2)CCN(c2ccn3c(CC4CC4)cnc3c2Cl)CC1. The topological polar surface area (TPSA) is 20.5 Å². The lowest BCUT2D eigenvalue weighted by Crippen LogP contribution is -2.51. The highest BCUT2D eigenvalue weighted by Crippen LogP contribution is 2.49. The minimum Gasteiger partial charge on any atom is -0.370 e. The van der Waals surface area contributed by atoms with Crippen molar-refractivity contribution in [1.82, 2.24) is 9.38 Å². The van der Waals surface area contributed by atoms with Crippen LogP contribution in [0.5, 0.6) is 0 Å². The van der Waals surface area contributed by atoms with E-state index in [4.69, 9.17) is 11.6 Å². The fourth-order valence-corrected chi connectivity index (χ4v) is 5.02. The lowest BCUT2D eigenvalue weighted by molar-refractivity contribution is -0.196. The van der Waals surface area contributed by atoms with Crippen LogP contribution in [0.2, 0.25) is 5.02 Å². The van der Waals surface area contributed by atoms with Gasteiger partial charge in [-0.2, -0.15) is 13.2 Å². The number of halogens is 4. The van der Waals surface area contributed by atoms with Gasteiger partial charge in [0.05, 0.1) is 11.1 Å². The summed E-state index contributed by atoms with van der Waals surface area (Å²) in [5.74, 6) is 0.735. The van der Waals surface area contributed by atoms with Crippen LogP contribution < -0.4 is 4.90 Å². The van der Waals surface area contributed by atoms with Crippen LogP contribution in [-0.2, 0) is 11.8 Å². The monoisotopic (exact) mass is 433 g/mol. The van der Waals surface area contributed by atoms with E-state index in [1.54, 1.807) is 30.3 Å². The van der Waals surface area contributed by atoms with Crippen molar-refractivity contribution in [3.05, 3.63) is 65.1 Å². The van der Waals surface area contributed by atoms with Crippen molar-refractivity contribution in [2.75, 3.05) is 18.0 Å². The van der Waals surface area contributed by atoms with Crippen LogP contribution in [0.25, 0.3) is 5.65 Å². The van der Waals surface area contributed by atoms with Crippen molar-refractivity contribution in [2.45, 2.75) is 43.7 Å². The molecule has 0 unspecified atom stereocenters. The summed E-state index contributed by atoms with van der Waals surface area (Å²) in [6.07, 6.45) is 3.03. The molecule has 1 saturated carbocycles. The average Bonchev–Trinajstić information content (AvgIpc) is 3.46. The predicted octanol–water partition coefficient (Wildman–Crippen LogP) is 6.04. The Balaban J connectivity index is 1.42. The molecule has 3 aromatic rings. The third kappa shape index (κ3) is 3.25. The molecular weight excluding hydrogens is 411 g/mol. The lowest BCUT2D eigenvalue weighted by atomic mass is 9.72. The quantitative estimate of drug-likeness (QED) is 0.500. The molecule has 0 spiro atoms. The van der Waals surface area contributed by atoms with Crippen LogP contribution in [0.1, 0.15) is 36.9 Å². The molecule has 2 aliphatic rings. The Morgan fingerprint density at radius 1 is 1.07 bits per heavy atom. The minimum atomic E-state index is -4.30. The molecule has 2 fully saturated rings. The van der Waals surface area contributed by atoms with Gasteiger partial charge in [0.25, 0.3) is 0 Å². The Hall–Kier alpha value is -2.21. The number of aromatic nitrogens is 2. The van der Waals surface area contributed by atoms with Crippen molar-refractivity contribution in [3.8, 4) is 0 Å². The molecule has 5 rings (SSSR count). The van der Waals surface area contributed by atoms with Gasteiger partial charge in [0.1, 0.15) is 5.02 Å². The third-order valence-corrected chi connectivity index (χ3v) is 7.06. The zero-order valence-electron chi connectivity index (χ0n) is 16.5. The zero-order valence-corrected chi connectivity index (χ0v) is 17.3. The van der Waals surface area contributed by atoms with Crippen molar-refractivity contribution >= 4 is 22.9 Å². The number of alkyl halides is 3. The molecule has 3 nitrogen and oxygen atoms in total. The van der Waals surface area contributed by atoms with Crippen LogP contribution in [0, 0.1) is 5.92 Å². The summed E-state index contributed by atoms with van der Waals surface area (Å²) in [6, 6.07) is 10.2. The summed E-state index contributed by atoms with van der Waals surface area (Å²) >= 11 is 6.67. The van der Waals surface area contributed by atoms with E-state index >= 15 is 0 Å². The molecule has 1 aliphatic heterocycles. The fourth-order valence-electron chi connectivity index (χ4n) is 4.69.